The molecule has 0 N–H and O–H groups in total. The van der Waals surface area contributed by atoms with Gasteiger partial charge in [0, 0.05) is 16.6 Å². The van der Waals surface area contributed by atoms with Crippen molar-refractivity contribution in [1.82, 2.24) is 9.80 Å². The molecule has 0 bridgehead atoms. The first-order chi connectivity index (χ1) is 10.2. The van der Waals surface area contributed by atoms with E-state index in [1.807, 2.05) is 36.4 Å². The summed E-state index contributed by atoms with van der Waals surface area (Å²) in [6.07, 6.45) is 6.20. The maximum atomic E-state index is 12.7. The fraction of sp³-hybridized carbons (Fsp3) is 0.421. The summed E-state index contributed by atoms with van der Waals surface area (Å²) in [5.74, 6) is 0.0797. The number of carbonyl (C=O) groups is 1. The Hall–Kier alpha value is -1.71. The lowest BCUT2D eigenvalue weighted by Gasteiger charge is -2.53. The Labute approximate surface area is 133 Å². The van der Waals surface area contributed by atoms with E-state index in [9.17, 15) is 4.79 Å². The Bertz CT molecular complexity index is 602. The number of nitrogens with zero attached hydrogens (tertiary/aromatic N) is 2. The lowest BCUT2D eigenvalue weighted by molar-refractivity contribution is -0.0300. The fourth-order valence-corrected chi connectivity index (χ4v) is 3.71. The van der Waals surface area contributed by atoms with Gasteiger partial charge in [0.2, 0.25) is 0 Å². The molecule has 0 aromatic heterocycles. The van der Waals surface area contributed by atoms with E-state index >= 15 is 0 Å². The molecule has 1 aromatic carbocycles. The van der Waals surface area contributed by atoms with Crippen LogP contribution >= 0.6 is 0 Å². The van der Waals surface area contributed by atoms with Gasteiger partial charge in [0.25, 0.3) is 0 Å². The van der Waals surface area contributed by atoms with Gasteiger partial charge in [0.15, 0.2) is 5.78 Å². The number of carbonyl (C=O) groups excluding carboxylic acids is 1. The molecule has 2 rings (SSSR count). The van der Waals surface area contributed by atoms with E-state index in [2.05, 4.69) is 64.0 Å². The number of rotatable bonds is 4. The van der Waals surface area contributed by atoms with Crippen LogP contribution in [0.25, 0.3) is 0 Å². The van der Waals surface area contributed by atoms with Crippen molar-refractivity contribution in [3.8, 4) is 0 Å². The number of benzene rings is 1. The molecule has 22 heavy (non-hydrogen) atoms. The van der Waals surface area contributed by atoms with Gasteiger partial charge in [-0.05, 0) is 34.3 Å². The highest BCUT2D eigenvalue weighted by molar-refractivity contribution is 6.10. The molecule has 1 aliphatic rings. The Morgan fingerprint density at radius 1 is 0.955 bits per heavy atom. The van der Waals surface area contributed by atoms with Gasteiger partial charge in [-0.15, -0.1) is 0 Å². The van der Waals surface area contributed by atoms with Crippen LogP contribution in [0.1, 0.15) is 24.2 Å². The summed E-state index contributed by atoms with van der Waals surface area (Å²) < 4.78 is 0. The van der Waals surface area contributed by atoms with Crippen LogP contribution in [-0.4, -0.2) is 49.4 Å². The number of likely N-dealkylation sites (N-methyl/N-ethyl adjacent to an activating group) is 2. The molecular weight excluding hydrogens is 272 g/mol. The minimum absolute atomic E-state index is 0.0797. The van der Waals surface area contributed by atoms with E-state index in [0.717, 1.165) is 11.1 Å². The summed E-state index contributed by atoms with van der Waals surface area (Å²) in [4.78, 5) is 17.1. The molecule has 3 heteroatoms. The number of hydrogen-bond donors (Lipinski definition) is 0. The zero-order chi connectivity index (χ0) is 16.5. The topological polar surface area (TPSA) is 23.6 Å². The summed E-state index contributed by atoms with van der Waals surface area (Å²) in [5.41, 5.74) is 1.04. The van der Waals surface area contributed by atoms with Crippen molar-refractivity contribution >= 4 is 5.78 Å². The summed E-state index contributed by atoms with van der Waals surface area (Å²) in [6, 6.07) is 9.45. The molecule has 0 fully saturated rings. The summed E-state index contributed by atoms with van der Waals surface area (Å²) in [6.45, 7) is 4.35. The smallest absolute Gasteiger partial charge is 0.192 e. The van der Waals surface area contributed by atoms with Crippen LogP contribution < -0.4 is 0 Å². The molecular formula is C19H26N2O. The lowest BCUT2D eigenvalue weighted by atomic mass is 9.71. The van der Waals surface area contributed by atoms with Gasteiger partial charge in [-0.25, -0.2) is 0 Å². The molecule has 0 saturated carbocycles. The Kier molecular flexibility index (Phi) is 4.41. The SMILES string of the molecule is CN(C)C1(N(C)C)C=CC(C(=O)c2ccccc2)=CC1(C)C. The average molecular weight is 298 g/mol. The largest absolute Gasteiger partial charge is 0.289 e. The first-order valence-corrected chi connectivity index (χ1v) is 7.59. The highest BCUT2D eigenvalue weighted by Gasteiger charge is 2.47. The second-order valence-corrected chi connectivity index (χ2v) is 6.86. The van der Waals surface area contributed by atoms with Gasteiger partial charge in [-0.2, -0.15) is 0 Å². The molecule has 0 saturated heterocycles. The highest BCUT2D eigenvalue weighted by atomic mass is 16.1. The minimum Gasteiger partial charge on any atom is -0.289 e. The molecule has 1 aliphatic carbocycles. The maximum Gasteiger partial charge on any atom is 0.192 e. The summed E-state index contributed by atoms with van der Waals surface area (Å²) in [5, 5.41) is 0. The highest BCUT2D eigenvalue weighted by Crippen LogP contribution is 2.43. The van der Waals surface area contributed by atoms with Gasteiger partial charge < -0.3 is 0 Å². The van der Waals surface area contributed by atoms with Crippen molar-refractivity contribution in [1.29, 1.82) is 0 Å². The fourth-order valence-electron chi connectivity index (χ4n) is 3.71. The third-order valence-corrected chi connectivity index (χ3v) is 4.62. The van der Waals surface area contributed by atoms with E-state index in [-0.39, 0.29) is 16.9 Å². The van der Waals surface area contributed by atoms with Crippen LogP contribution in [0.2, 0.25) is 0 Å². The van der Waals surface area contributed by atoms with E-state index in [1.165, 1.54) is 0 Å². The molecule has 0 atom stereocenters. The van der Waals surface area contributed by atoms with Crippen LogP contribution in [-0.2, 0) is 0 Å². The Morgan fingerprint density at radius 2 is 1.50 bits per heavy atom. The molecule has 0 heterocycles. The van der Waals surface area contributed by atoms with Gasteiger partial charge in [-0.3, -0.25) is 14.6 Å². The van der Waals surface area contributed by atoms with Gasteiger partial charge in [0.1, 0.15) is 5.66 Å². The minimum atomic E-state index is -0.256. The summed E-state index contributed by atoms with van der Waals surface area (Å²) >= 11 is 0. The van der Waals surface area contributed by atoms with Crippen molar-refractivity contribution in [3.05, 3.63) is 59.7 Å². The van der Waals surface area contributed by atoms with Crippen LogP contribution in [0.15, 0.2) is 54.1 Å². The molecule has 0 aliphatic heterocycles. The third-order valence-electron chi connectivity index (χ3n) is 4.62. The number of Topliss-reactive ketones (excluding diaryl/α,β-unsaturated/α-hetero) is 1. The van der Waals surface area contributed by atoms with Crippen LogP contribution in [0.5, 0.6) is 0 Å². The molecule has 0 radical (unpaired) electrons. The van der Waals surface area contributed by atoms with Crippen molar-refractivity contribution in [2.45, 2.75) is 19.5 Å². The predicted molar refractivity (Wildman–Crippen MR) is 91.9 cm³/mol. The first-order valence-electron chi connectivity index (χ1n) is 7.59. The van der Waals surface area contributed by atoms with Gasteiger partial charge in [0.05, 0.1) is 0 Å². The number of ketones is 1. The first kappa shape index (κ1) is 16.7. The second kappa shape index (κ2) is 5.82. The quantitative estimate of drug-likeness (QED) is 0.630. The molecule has 0 amide bonds. The standard InChI is InChI=1S/C19H26N2O/c1-18(2)14-16(17(22)15-10-8-7-9-11-15)12-13-19(18,20(3)4)21(5)6/h7-14H,1-6H3. The molecule has 0 spiro atoms. The van der Waals surface area contributed by atoms with Gasteiger partial charge >= 0.3 is 0 Å². The number of hydrogen-bond acceptors (Lipinski definition) is 3. The van der Waals surface area contributed by atoms with Crippen LogP contribution in [0, 0.1) is 5.41 Å². The van der Waals surface area contributed by atoms with E-state index in [4.69, 9.17) is 0 Å². The Morgan fingerprint density at radius 3 is 1.95 bits per heavy atom. The second-order valence-electron chi connectivity index (χ2n) is 6.86. The zero-order valence-corrected chi connectivity index (χ0v) is 14.4. The lowest BCUT2D eigenvalue weighted by Crippen LogP contribution is -2.63. The predicted octanol–water partition coefficient (Wildman–Crippen LogP) is 3.21. The monoisotopic (exact) mass is 298 g/mol. The van der Waals surface area contributed by atoms with Crippen molar-refractivity contribution in [2.24, 2.45) is 5.41 Å². The van der Waals surface area contributed by atoms with Crippen molar-refractivity contribution < 1.29 is 4.79 Å². The van der Waals surface area contributed by atoms with Crippen LogP contribution in [0.3, 0.4) is 0 Å². The molecule has 118 valence electrons. The molecule has 3 nitrogen and oxygen atoms in total. The molecule has 1 aromatic rings. The van der Waals surface area contributed by atoms with Gasteiger partial charge in [-0.1, -0.05) is 56.3 Å². The average Bonchev–Trinajstić information content (AvgIpc) is 2.45. The van der Waals surface area contributed by atoms with Crippen LogP contribution in [0.4, 0.5) is 0 Å². The summed E-state index contributed by atoms with van der Waals surface area (Å²) in [7, 11) is 8.29. The van der Waals surface area contributed by atoms with Crippen molar-refractivity contribution in [2.75, 3.05) is 28.2 Å². The molecule has 0 unspecified atom stereocenters. The maximum absolute atomic E-state index is 12.7. The van der Waals surface area contributed by atoms with E-state index in [0.29, 0.717) is 0 Å². The normalized spacial score (nSPS) is 19.4. The number of allylic oxidation sites excluding steroid dienone is 2. The van der Waals surface area contributed by atoms with Crippen molar-refractivity contribution in [3.63, 3.8) is 0 Å². The third kappa shape index (κ3) is 2.55. The zero-order valence-electron chi connectivity index (χ0n) is 14.4. The Balaban J connectivity index is 2.43. The van der Waals surface area contributed by atoms with E-state index < -0.39 is 0 Å². The van der Waals surface area contributed by atoms with E-state index in [1.54, 1.807) is 0 Å².